The largest absolute Gasteiger partial charge is 0.508 e. The SMILES string of the molecule is Cc1c(C(C)C(=O)NCCC(=O)O)c2cc(O)ccc2n1C(=O)c1cccc(Cl)c1. The van der Waals surface area contributed by atoms with E-state index in [1.165, 1.54) is 16.7 Å². The Bertz CT molecular complexity index is 1150. The molecule has 156 valence electrons. The number of aliphatic carboxylic acids is 1. The van der Waals surface area contributed by atoms with Gasteiger partial charge in [0.25, 0.3) is 5.91 Å². The predicted octanol–water partition coefficient (Wildman–Crippen LogP) is 3.69. The van der Waals surface area contributed by atoms with E-state index in [0.717, 1.165) is 0 Å². The number of carbonyl (C=O) groups is 3. The van der Waals surface area contributed by atoms with Gasteiger partial charge in [-0.15, -0.1) is 0 Å². The lowest BCUT2D eigenvalue weighted by molar-refractivity contribution is -0.136. The molecule has 0 aliphatic carbocycles. The first-order chi connectivity index (χ1) is 14.2. The van der Waals surface area contributed by atoms with Gasteiger partial charge in [0.2, 0.25) is 5.91 Å². The van der Waals surface area contributed by atoms with Crippen LogP contribution in [0.25, 0.3) is 10.9 Å². The number of amides is 1. The van der Waals surface area contributed by atoms with Gasteiger partial charge in [0, 0.05) is 28.2 Å². The van der Waals surface area contributed by atoms with Crippen LogP contribution < -0.4 is 5.32 Å². The van der Waals surface area contributed by atoms with Crippen LogP contribution in [0, 0.1) is 6.92 Å². The van der Waals surface area contributed by atoms with Crippen molar-refractivity contribution >= 4 is 40.3 Å². The van der Waals surface area contributed by atoms with E-state index in [1.54, 1.807) is 44.2 Å². The number of phenols is 1. The predicted molar refractivity (Wildman–Crippen MR) is 113 cm³/mol. The van der Waals surface area contributed by atoms with Gasteiger partial charge in [0.15, 0.2) is 0 Å². The number of benzene rings is 2. The molecule has 30 heavy (non-hydrogen) atoms. The number of rotatable bonds is 6. The van der Waals surface area contributed by atoms with Crippen LogP contribution in [0.3, 0.4) is 0 Å². The van der Waals surface area contributed by atoms with Crippen molar-refractivity contribution in [2.45, 2.75) is 26.2 Å². The molecule has 3 N–H and O–H groups in total. The van der Waals surface area contributed by atoms with Crippen molar-refractivity contribution < 1.29 is 24.6 Å². The van der Waals surface area contributed by atoms with Crippen LogP contribution in [0.15, 0.2) is 42.5 Å². The van der Waals surface area contributed by atoms with Crippen molar-refractivity contribution in [1.82, 2.24) is 9.88 Å². The summed E-state index contributed by atoms with van der Waals surface area (Å²) in [5.41, 5.74) is 2.08. The van der Waals surface area contributed by atoms with Gasteiger partial charge >= 0.3 is 5.97 Å². The Labute approximate surface area is 177 Å². The number of fused-ring (bicyclic) bond motifs is 1. The smallest absolute Gasteiger partial charge is 0.305 e. The normalized spacial score (nSPS) is 12.0. The zero-order chi connectivity index (χ0) is 22.0. The molecular formula is C22H21ClN2O5. The van der Waals surface area contributed by atoms with E-state index < -0.39 is 11.9 Å². The second kappa shape index (κ2) is 8.59. The van der Waals surface area contributed by atoms with Gasteiger partial charge in [-0.3, -0.25) is 19.0 Å². The number of hydrogen-bond donors (Lipinski definition) is 3. The lowest BCUT2D eigenvalue weighted by Crippen LogP contribution is -2.30. The van der Waals surface area contributed by atoms with Gasteiger partial charge in [0.1, 0.15) is 5.75 Å². The molecule has 0 aliphatic rings. The number of nitrogens with one attached hydrogen (secondary N) is 1. The number of carboxylic acid groups (broad SMARTS) is 1. The molecule has 0 radical (unpaired) electrons. The minimum atomic E-state index is -1.01. The second-order valence-electron chi connectivity index (χ2n) is 7.01. The quantitative estimate of drug-likeness (QED) is 0.554. The fraction of sp³-hybridized carbons (Fsp3) is 0.227. The van der Waals surface area contributed by atoms with Crippen LogP contribution in [0.2, 0.25) is 5.02 Å². The first-order valence-corrected chi connectivity index (χ1v) is 9.72. The van der Waals surface area contributed by atoms with Crippen LogP contribution in [0.1, 0.15) is 40.9 Å². The third kappa shape index (κ3) is 4.16. The molecule has 8 heteroatoms. The highest BCUT2D eigenvalue weighted by Crippen LogP contribution is 2.34. The molecule has 0 saturated carbocycles. The molecule has 1 heterocycles. The Balaban J connectivity index is 2.08. The van der Waals surface area contributed by atoms with Crippen molar-refractivity contribution in [3.8, 4) is 5.75 Å². The van der Waals surface area contributed by atoms with Crippen LogP contribution in [-0.4, -0.2) is 39.1 Å². The average molecular weight is 429 g/mol. The first-order valence-electron chi connectivity index (χ1n) is 9.34. The highest BCUT2D eigenvalue weighted by atomic mass is 35.5. The first kappa shape index (κ1) is 21.4. The Morgan fingerprint density at radius 1 is 1.17 bits per heavy atom. The number of carboxylic acids is 1. The highest BCUT2D eigenvalue weighted by Gasteiger charge is 2.27. The molecule has 0 fully saturated rings. The van der Waals surface area contributed by atoms with Crippen LogP contribution >= 0.6 is 11.6 Å². The molecule has 1 aromatic heterocycles. The molecule has 0 spiro atoms. The maximum atomic E-state index is 13.2. The maximum Gasteiger partial charge on any atom is 0.305 e. The Kier molecular flexibility index (Phi) is 6.12. The van der Waals surface area contributed by atoms with E-state index in [1.807, 2.05) is 0 Å². The van der Waals surface area contributed by atoms with E-state index in [0.29, 0.717) is 32.7 Å². The summed E-state index contributed by atoms with van der Waals surface area (Å²) >= 11 is 6.03. The Morgan fingerprint density at radius 2 is 1.90 bits per heavy atom. The van der Waals surface area contributed by atoms with Gasteiger partial charge in [-0.25, -0.2) is 0 Å². The van der Waals surface area contributed by atoms with Crippen LogP contribution in [-0.2, 0) is 9.59 Å². The van der Waals surface area contributed by atoms with Gasteiger partial charge in [-0.05, 0) is 55.8 Å². The van der Waals surface area contributed by atoms with E-state index in [9.17, 15) is 19.5 Å². The zero-order valence-corrected chi connectivity index (χ0v) is 17.2. The topological polar surface area (TPSA) is 109 Å². The molecule has 1 amide bonds. The summed E-state index contributed by atoms with van der Waals surface area (Å²) in [5.74, 6) is -2.34. The monoisotopic (exact) mass is 428 g/mol. The zero-order valence-electron chi connectivity index (χ0n) is 16.5. The molecular weight excluding hydrogens is 408 g/mol. The molecule has 3 rings (SSSR count). The van der Waals surface area contributed by atoms with Crippen molar-refractivity contribution in [3.05, 3.63) is 64.3 Å². The molecule has 3 aromatic rings. The summed E-state index contributed by atoms with van der Waals surface area (Å²) in [5, 5.41) is 22.4. The van der Waals surface area contributed by atoms with Gasteiger partial charge in [-0.2, -0.15) is 0 Å². The molecule has 7 nitrogen and oxygen atoms in total. The lowest BCUT2D eigenvalue weighted by atomic mass is 9.97. The number of hydrogen-bond acceptors (Lipinski definition) is 4. The standard InChI is InChI=1S/C22H21ClN2O5/c1-12(21(29)24-9-8-19(27)28)20-13(2)25(18-7-6-16(26)11-17(18)20)22(30)14-4-3-5-15(23)10-14/h3-7,10-12,26H,8-9H2,1-2H3,(H,24,29)(H,27,28). The van der Waals surface area contributed by atoms with Crippen LogP contribution in [0.5, 0.6) is 5.75 Å². The molecule has 1 atom stereocenters. The van der Waals surface area contributed by atoms with E-state index in [4.69, 9.17) is 16.7 Å². The number of aromatic nitrogens is 1. The van der Waals surface area contributed by atoms with Gasteiger partial charge in [-0.1, -0.05) is 17.7 Å². The minimum absolute atomic E-state index is 0.00287. The summed E-state index contributed by atoms with van der Waals surface area (Å²) in [7, 11) is 0. The maximum absolute atomic E-state index is 13.2. The number of phenolic OH excluding ortho intramolecular Hbond substituents is 1. The fourth-order valence-electron chi connectivity index (χ4n) is 3.57. The summed E-state index contributed by atoms with van der Waals surface area (Å²) in [4.78, 5) is 36.6. The highest BCUT2D eigenvalue weighted by molar-refractivity contribution is 6.31. The summed E-state index contributed by atoms with van der Waals surface area (Å²) < 4.78 is 1.50. The van der Waals surface area contributed by atoms with Crippen molar-refractivity contribution in [1.29, 1.82) is 0 Å². The molecule has 0 saturated heterocycles. The minimum Gasteiger partial charge on any atom is -0.508 e. The molecule has 2 aromatic carbocycles. The lowest BCUT2D eigenvalue weighted by Gasteiger charge is -2.13. The Morgan fingerprint density at radius 3 is 2.57 bits per heavy atom. The summed E-state index contributed by atoms with van der Waals surface area (Å²) in [6.45, 7) is 3.41. The molecule has 1 unspecified atom stereocenters. The molecule has 0 aliphatic heterocycles. The number of nitrogens with zero attached hydrogens (tertiary/aromatic N) is 1. The van der Waals surface area contributed by atoms with Crippen molar-refractivity contribution in [3.63, 3.8) is 0 Å². The number of carbonyl (C=O) groups excluding carboxylic acids is 2. The van der Waals surface area contributed by atoms with E-state index in [-0.39, 0.29) is 30.5 Å². The van der Waals surface area contributed by atoms with Crippen LogP contribution in [0.4, 0.5) is 0 Å². The van der Waals surface area contributed by atoms with E-state index in [2.05, 4.69) is 5.32 Å². The second-order valence-corrected chi connectivity index (χ2v) is 7.44. The number of halogens is 1. The summed E-state index contributed by atoms with van der Waals surface area (Å²) in [6, 6.07) is 11.2. The molecule has 0 bridgehead atoms. The Hall–Kier alpha value is -3.32. The third-order valence-electron chi connectivity index (χ3n) is 4.98. The van der Waals surface area contributed by atoms with Gasteiger partial charge in [0.05, 0.1) is 17.9 Å². The van der Waals surface area contributed by atoms with Crippen molar-refractivity contribution in [2.24, 2.45) is 0 Å². The summed E-state index contributed by atoms with van der Waals surface area (Å²) in [6.07, 6.45) is -0.187. The fourth-order valence-corrected chi connectivity index (χ4v) is 3.76. The van der Waals surface area contributed by atoms with Gasteiger partial charge < -0.3 is 15.5 Å². The van der Waals surface area contributed by atoms with Crippen molar-refractivity contribution in [2.75, 3.05) is 6.54 Å². The average Bonchev–Trinajstić information content (AvgIpc) is 2.97. The third-order valence-corrected chi connectivity index (χ3v) is 5.21. The van der Waals surface area contributed by atoms with E-state index >= 15 is 0 Å². The number of aromatic hydroxyl groups is 1.